The largest absolute Gasteiger partial charge is 0.506 e. The average Bonchev–Trinajstić information content (AvgIpc) is 2.20. The number of nitrogens with zero attached hydrogens (tertiary/aromatic N) is 1. The first kappa shape index (κ1) is 11.7. The van der Waals surface area contributed by atoms with Crippen LogP contribution in [0.4, 0.5) is 5.69 Å². The van der Waals surface area contributed by atoms with Crippen LogP contribution in [0.3, 0.4) is 0 Å². The number of phenolic OH excluding ortho intramolecular Hbond substituents is 1. The van der Waals surface area contributed by atoms with Gasteiger partial charge in [-0.25, -0.2) is 0 Å². The molecule has 1 rings (SSSR count). The van der Waals surface area contributed by atoms with E-state index < -0.39 is 11.0 Å². The molecule has 0 amide bonds. The van der Waals surface area contributed by atoms with Gasteiger partial charge in [-0.1, -0.05) is 11.6 Å². The highest BCUT2D eigenvalue weighted by atomic mass is 35.5. The van der Waals surface area contributed by atoms with Crippen LogP contribution < -0.4 is 11.5 Å². The van der Waals surface area contributed by atoms with E-state index in [-0.39, 0.29) is 28.6 Å². The lowest BCUT2D eigenvalue weighted by atomic mass is 10.0. The summed E-state index contributed by atoms with van der Waals surface area (Å²) in [6.07, 6.45) is 0. The van der Waals surface area contributed by atoms with E-state index in [4.69, 9.17) is 23.1 Å². The second-order valence-electron chi connectivity index (χ2n) is 2.93. The van der Waals surface area contributed by atoms with E-state index in [1.165, 1.54) is 12.1 Å². The van der Waals surface area contributed by atoms with Crippen LogP contribution in [0.1, 0.15) is 11.6 Å². The molecule has 1 aromatic carbocycles. The van der Waals surface area contributed by atoms with Gasteiger partial charge >= 0.3 is 0 Å². The lowest BCUT2D eigenvalue weighted by Crippen LogP contribution is -2.22. The molecular weight excluding hydrogens is 222 g/mol. The summed E-state index contributed by atoms with van der Waals surface area (Å²) in [5.41, 5.74) is 10.5. The molecule has 0 saturated carbocycles. The number of rotatable bonds is 3. The van der Waals surface area contributed by atoms with Crippen LogP contribution in [0.25, 0.3) is 0 Å². The van der Waals surface area contributed by atoms with Gasteiger partial charge in [-0.2, -0.15) is 0 Å². The van der Waals surface area contributed by atoms with Gasteiger partial charge in [0.2, 0.25) is 0 Å². The van der Waals surface area contributed by atoms with Crippen LogP contribution in [-0.2, 0) is 0 Å². The number of nitrogens with two attached hydrogens (primary N) is 2. The van der Waals surface area contributed by atoms with E-state index in [1.807, 2.05) is 0 Å². The zero-order valence-electron chi connectivity index (χ0n) is 7.68. The molecule has 0 bridgehead atoms. The van der Waals surface area contributed by atoms with Crippen molar-refractivity contribution in [1.82, 2.24) is 0 Å². The molecule has 1 atom stereocenters. The van der Waals surface area contributed by atoms with E-state index in [9.17, 15) is 15.2 Å². The van der Waals surface area contributed by atoms with Crippen molar-refractivity contribution in [3.05, 3.63) is 32.8 Å². The quantitative estimate of drug-likeness (QED) is 0.528. The third kappa shape index (κ3) is 2.17. The van der Waals surface area contributed by atoms with Crippen molar-refractivity contribution >= 4 is 17.3 Å². The first-order chi connectivity index (χ1) is 6.99. The molecule has 1 aromatic rings. The number of halogens is 1. The predicted octanol–water partition coefficient (Wildman–Crippen LogP) is 0.912. The Morgan fingerprint density at radius 2 is 2.20 bits per heavy atom. The Bertz CT molecular complexity index is 397. The first-order valence-corrected chi connectivity index (χ1v) is 4.48. The third-order valence-electron chi connectivity index (χ3n) is 1.97. The molecule has 0 radical (unpaired) electrons. The second-order valence-corrected chi connectivity index (χ2v) is 3.34. The lowest BCUT2D eigenvalue weighted by Gasteiger charge is -2.12. The molecular formula is C8H10ClN3O3. The van der Waals surface area contributed by atoms with Crippen LogP contribution in [-0.4, -0.2) is 16.6 Å². The van der Waals surface area contributed by atoms with E-state index >= 15 is 0 Å². The van der Waals surface area contributed by atoms with Gasteiger partial charge in [-0.3, -0.25) is 10.1 Å². The van der Waals surface area contributed by atoms with Gasteiger partial charge in [0.1, 0.15) is 5.75 Å². The fourth-order valence-electron chi connectivity index (χ4n) is 1.21. The zero-order chi connectivity index (χ0) is 11.6. The van der Waals surface area contributed by atoms with Gasteiger partial charge < -0.3 is 16.6 Å². The predicted molar refractivity (Wildman–Crippen MR) is 55.8 cm³/mol. The number of nitro groups is 1. The molecule has 0 fully saturated rings. The van der Waals surface area contributed by atoms with Crippen LogP contribution in [0, 0.1) is 10.1 Å². The molecule has 15 heavy (non-hydrogen) atoms. The van der Waals surface area contributed by atoms with Crippen molar-refractivity contribution in [3.63, 3.8) is 0 Å². The maximum Gasteiger partial charge on any atom is 0.278 e. The molecule has 0 aliphatic heterocycles. The topological polar surface area (TPSA) is 115 Å². The fraction of sp³-hybridized carbons (Fsp3) is 0.250. The highest BCUT2D eigenvalue weighted by Gasteiger charge is 2.24. The van der Waals surface area contributed by atoms with Crippen LogP contribution in [0.2, 0.25) is 5.02 Å². The number of hydrogen-bond acceptors (Lipinski definition) is 5. The zero-order valence-corrected chi connectivity index (χ0v) is 8.44. The highest BCUT2D eigenvalue weighted by Crippen LogP contribution is 2.37. The Labute approximate surface area is 90.6 Å². The Morgan fingerprint density at radius 3 is 2.67 bits per heavy atom. The third-order valence-corrected chi connectivity index (χ3v) is 2.27. The summed E-state index contributed by atoms with van der Waals surface area (Å²) in [6, 6.07) is 1.61. The molecule has 0 spiro atoms. The van der Waals surface area contributed by atoms with Crippen molar-refractivity contribution in [2.24, 2.45) is 11.5 Å². The van der Waals surface area contributed by atoms with Crippen molar-refractivity contribution in [3.8, 4) is 5.75 Å². The molecule has 0 aromatic heterocycles. The standard InChI is InChI=1S/C8H10ClN3O3/c9-4-1-2-6(12(14)15)7(8(4)13)5(11)3-10/h1-2,5,13H,3,10-11H2/t5-/m0/s1. The maximum absolute atomic E-state index is 10.7. The first-order valence-electron chi connectivity index (χ1n) is 4.10. The van der Waals surface area contributed by atoms with Gasteiger partial charge in [-0.15, -0.1) is 0 Å². The van der Waals surface area contributed by atoms with E-state index in [0.29, 0.717) is 0 Å². The molecule has 82 valence electrons. The van der Waals surface area contributed by atoms with Crippen LogP contribution >= 0.6 is 11.6 Å². The molecule has 0 aliphatic rings. The van der Waals surface area contributed by atoms with E-state index in [0.717, 1.165) is 0 Å². The molecule has 0 unspecified atom stereocenters. The van der Waals surface area contributed by atoms with Gasteiger partial charge in [0.25, 0.3) is 5.69 Å². The second kappa shape index (κ2) is 4.43. The smallest absolute Gasteiger partial charge is 0.278 e. The van der Waals surface area contributed by atoms with Gasteiger partial charge in [0.05, 0.1) is 21.6 Å². The van der Waals surface area contributed by atoms with Crippen molar-refractivity contribution in [1.29, 1.82) is 0 Å². The van der Waals surface area contributed by atoms with Crippen LogP contribution in [0.15, 0.2) is 12.1 Å². The summed E-state index contributed by atoms with van der Waals surface area (Å²) in [5, 5.41) is 20.2. The molecule has 0 heterocycles. The molecule has 6 nitrogen and oxygen atoms in total. The minimum absolute atomic E-state index is 0.0134. The number of nitro benzene ring substituents is 1. The Balaban J connectivity index is 3.41. The fourth-order valence-corrected chi connectivity index (χ4v) is 1.38. The summed E-state index contributed by atoms with van der Waals surface area (Å²) in [4.78, 5) is 10.0. The Morgan fingerprint density at radius 1 is 1.60 bits per heavy atom. The summed E-state index contributed by atoms with van der Waals surface area (Å²) >= 11 is 5.62. The van der Waals surface area contributed by atoms with Gasteiger partial charge in [-0.05, 0) is 6.07 Å². The monoisotopic (exact) mass is 231 g/mol. The Kier molecular flexibility index (Phi) is 3.46. The minimum atomic E-state index is -0.816. The number of benzene rings is 1. The average molecular weight is 232 g/mol. The van der Waals surface area contributed by atoms with Crippen LogP contribution in [0.5, 0.6) is 5.75 Å². The van der Waals surface area contributed by atoms with Crippen molar-refractivity contribution in [2.45, 2.75) is 6.04 Å². The summed E-state index contributed by atoms with van der Waals surface area (Å²) in [6.45, 7) is -0.0191. The summed E-state index contributed by atoms with van der Waals surface area (Å²) in [7, 11) is 0. The normalized spacial score (nSPS) is 12.5. The van der Waals surface area contributed by atoms with Gasteiger partial charge in [0.15, 0.2) is 0 Å². The van der Waals surface area contributed by atoms with Crippen molar-refractivity contribution in [2.75, 3.05) is 6.54 Å². The molecule has 5 N–H and O–H groups in total. The molecule has 0 aliphatic carbocycles. The summed E-state index contributed by atoms with van der Waals surface area (Å²) in [5.74, 6) is -0.385. The summed E-state index contributed by atoms with van der Waals surface area (Å²) < 4.78 is 0. The highest BCUT2D eigenvalue weighted by molar-refractivity contribution is 6.32. The number of hydrogen-bond donors (Lipinski definition) is 3. The number of aromatic hydroxyl groups is 1. The van der Waals surface area contributed by atoms with E-state index in [1.54, 1.807) is 0 Å². The Hall–Kier alpha value is -1.37. The SMILES string of the molecule is NC[C@H](N)c1c([N+](=O)[O-])ccc(Cl)c1O. The lowest BCUT2D eigenvalue weighted by molar-refractivity contribution is -0.385. The number of phenols is 1. The van der Waals surface area contributed by atoms with Gasteiger partial charge in [0, 0.05) is 12.6 Å². The molecule has 0 saturated heterocycles. The minimum Gasteiger partial charge on any atom is -0.506 e. The van der Waals surface area contributed by atoms with E-state index in [2.05, 4.69) is 0 Å². The molecule has 7 heteroatoms. The van der Waals surface area contributed by atoms with Crippen molar-refractivity contribution < 1.29 is 10.0 Å². The maximum atomic E-state index is 10.7.